The quantitative estimate of drug-likeness (QED) is 0.811. The largest absolute Gasteiger partial charge is 0.457 e. The molecule has 2 aromatic rings. The molecule has 0 fully saturated rings. The van der Waals surface area contributed by atoms with Crippen molar-refractivity contribution in [3.63, 3.8) is 0 Å². The van der Waals surface area contributed by atoms with Crippen LogP contribution in [-0.2, 0) is 11.3 Å². The minimum atomic E-state index is -0.781. The Morgan fingerprint density at radius 2 is 1.70 bits per heavy atom. The van der Waals surface area contributed by atoms with Crippen molar-refractivity contribution < 1.29 is 9.47 Å². The number of rotatable bonds is 5. The highest BCUT2D eigenvalue weighted by Gasteiger charge is 2.16. The van der Waals surface area contributed by atoms with E-state index in [0.29, 0.717) is 6.61 Å². The average molecular weight is 267 g/mol. The van der Waals surface area contributed by atoms with Crippen LogP contribution in [0.2, 0.25) is 0 Å². The minimum Gasteiger partial charge on any atom is -0.457 e. The fourth-order valence-corrected chi connectivity index (χ4v) is 1.62. The summed E-state index contributed by atoms with van der Waals surface area (Å²) in [6.45, 7) is 3.88. The van der Waals surface area contributed by atoms with Gasteiger partial charge in [0, 0.05) is 0 Å². The highest BCUT2D eigenvalue weighted by Crippen LogP contribution is 2.22. The Labute approximate surface area is 119 Å². The number of ether oxygens (including phenoxy) is 2. The summed E-state index contributed by atoms with van der Waals surface area (Å²) < 4.78 is 11.3. The maximum absolute atomic E-state index is 8.92. The van der Waals surface area contributed by atoms with Crippen molar-refractivity contribution in [1.82, 2.24) is 0 Å². The van der Waals surface area contributed by atoms with E-state index >= 15 is 0 Å². The molecule has 0 aliphatic rings. The summed E-state index contributed by atoms with van der Waals surface area (Å²) in [5, 5.41) is 8.92. The Balaban J connectivity index is 2.03. The van der Waals surface area contributed by atoms with E-state index in [9.17, 15) is 0 Å². The molecule has 3 nitrogen and oxygen atoms in total. The highest BCUT2D eigenvalue weighted by molar-refractivity contribution is 5.33. The predicted octanol–water partition coefficient (Wildman–Crippen LogP) is 4.30. The van der Waals surface area contributed by atoms with Crippen molar-refractivity contribution in [2.75, 3.05) is 0 Å². The molecule has 0 atom stereocenters. The first kappa shape index (κ1) is 14.1. The van der Waals surface area contributed by atoms with Crippen molar-refractivity contribution in [2.24, 2.45) is 0 Å². The summed E-state index contributed by atoms with van der Waals surface area (Å²) in [7, 11) is 0. The zero-order chi connectivity index (χ0) is 14.4. The van der Waals surface area contributed by atoms with Gasteiger partial charge in [-0.1, -0.05) is 30.3 Å². The highest BCUT2D eigenvalue weighted by atomic mass is 16.5. The molecule has 102 valence electrons. The summed E-state index contributed by atoms with van der Waals surface area (Å²) >= 11 is 0. The van der Waals surface area contributed by atoms with Gasteiger partial charge in [-0.2, -0.15) is 5.26 Å². The second kappa shape index (κ2) is 6.23. The first-order valence-corrected chi connectivity index (χ1v) is 6.46. The molecule has 20 heavy (non-hydrogen) atoms. The lowest BCUT2D eigenvalue weighted by atomic mass is 10.1. The fraction of sp³-hybridized carbons (Fsp3) is 0.235. The SMILES string of the molecule is CC(C)(C#N)OCc1cccc(Oc2ccccc2)c1. The monoisotopic (exact) mass is 267 g/mol. The summed E-state index contributed by atoms with van der Waals surface area (Å²) in [5.41, 5.74) is 0.192. The molecule has 0 unspecified atom stereocenters. The van der Waals surface area contributed by atoms with Gasteiger partial charge in [0.05, 0.1) is 12.7 Å². The second-order valence-electron chi connectivity index (χ2n) is 4.97. The van der Waals surface area contributed by atoms with Crippen LogP contribution in [0.5, 0.6) is 11.5 Å². The second-order valence-corrected chi connectivity index (χ2v) is 4.97. The number of hydrogen-bond acceptors (Lipinski definition) is 3. The standard InChI is InChI=1S/C17H17NO2/c1-17(2,13-18)19-12-14-7-6-10-16(11-14)20-15-8-4-3-5-9-15/h3-11H,12H2,1-2H3. The van der Waals surface area contributed by atoms with E-state index in [1.54, 1.807) is 13.8 Å². The minimum absolute atomic E-state index is 0.381. The van der Waals surface area contributed by atoms with E-state index in [1.807, 2.05) is 54.6 Å². The molecule has 0 saturated heterocycles. The van der Waals surface area contributed by atoms with E-state index in [1.165, 1.54) is 0 Å². The lowest BCUT2D eigenvalue weighted by Crippen LogP contribution is -2.21. The topological polar surface area (TPSA) is 42.2 Å². The van der Waals surface area contributed by atoms with E-state index in [0.717, 1.165) is 17.1 Å². The third kappa shape index (κ3) is 4.11. The van der Waals surface area contributed by atoms with Crippen LogP contribution in [0.4, 0.5) is 0 Å². The summed E-state index contributed by atoms with van der Waals surface area (Å²) in [4.78, 5) is 0. The van der Waals surface area contributed by atoms with Crippen LogP contribution in [0.1, 0.15) is 19.4 Å². The Kier molecular flexibility index (Phi) is 4.39. The van der Waals surface area contributed by atoms with Gasteiger partial charge in [0.2, 0.25) is 0 Å². The van der Waals surface area contributed by atoms with Gasteiger partial charge >= 0.3 is 0 Å². The first-order chi connectivity index (χ1) is 9.59. The molecule has 2 aromatic carbocycles. The maximum atomic E-state index is 8.92. The maximum Gasteiger partial charge on any atom is 0.149 e. The summed E-state index contributed by atoms with van der Waals surface area (Å²) in [6, 6.07) is 19.4. The van der Waals surface area contributed by atoms with E-state index in [4.69, 9.17) is 14.7 Å². The van der Waals surface area contributed by atoms with Crippen molar-refractivity contribution in [2.45, 2.75) is 26.1 Å². The molecule has 0 N–H and O–H groups in total. The zero-order valence-electron chi connectivity index (χ0n) is 11.7. The van der Waals surface area contributed by atoms with Crippen molar-refractivity contribution in [1.29, 1.82) is 5.26 Å². The molecule has 0 saturated carbocycles. The molecule has 0 aliphatic carbocycles. The van der Waals surface area contributed by atoms with Crippen LogP contribution in [-0.4, -0.2) is 5.60 Å². The number of para-hydroxylation sites is 1. The smallest absolute Gasteiger partial charge is 0.149 e. The molecule has 0 amide bonds. The first-order valence-electron chi connectivity index (χ1n) is 6.46. The van der Waals surface area contributed by atoms with Crippen LogP contribution in [0, 0.1) is 11.3 Å². The third-order valence-electron chi connectivity index (χ3n) is 2.75. The van der Waals surface area contributed by atoms with Crippen molar-refractivity contribution in [3.8, 4) is 17.6 Å². The van der Waals surface area contributed by atoms with Crippen molar-refractivity contribution in [3.05, 3.63) is 60.2 Å². The fourth-order valence-electron chi connectivity index (χ4n) is 1.62. The van der Waals surface area contributed by atoms with Gasteiger partial charge in [0.15, 0.2) is 0 Å². The number of hydrogen-bond donors (Lipinski definition) is 0. The van der Waals surface area contributed by atoms with Crippen LogP contribution in [0.25, 0.3) is 0 Å². The number of nitriles is 1. The van der Waals surface area contributed by atoms with Crippen molar-refractivity contribution >= 4 is 0 Å². The normalized spacial score (nSPS) is 10.8. The Hall–Kier alpha value is -2.31. The molecular formula is C17H17NO2. The van der Waals surface area contributed by atoms with Gasteiger partial charge in [-0.3, -0.25) is 0 Å². The average Bonchev–Trinajstić information content (AvgIpc) is 2.47. The Bertz CT molecular complexity index is 600. The summed E-state index contributed by atoms with van der Waals surface area (Å²) in [6.07, 6.45) is 0. The van der Waals surface area contributed by atoms with Gasteiger partial charge in [-0.15, -0.1) is 0 Å². The third-order valence-corrected chi connectivity index (χ3v) is 2.75. The Morgan fingerprint density at radius 1 is 1.00 bits per heavy atom. The van der Waals surface area contributed by atoms with Gasteiger partial charge in [0.25, 0.3) is 0 Å². The van der Waals surface area contributed by atoms with Gasteiger partial charge in [-0.25, -0.2) is 0 Å². The van der Waals surface area contributed by atoms with Crippen LogP contribution in [0.15, 0.2) is 54.6 Å². The van der Waals surface area contributed by atoms with E-state index in [-0.39, 0.29) is 0 Å². The lowest BCUT2D eigenvalue weighted by molar-refractivity contribution is 0.0128. The molecule has 2 rings (SSSR count). The molecule has 0 aromatic heterocycles. The molecule has 3 heteroatoms. The molecule has 0 bridgehead atoms. The van der Waals surface area contributed by atoms with Crippen LogP contribution < -0.4 is 4.74 Å². The predicted molar refractivity (Wildman–Crippen MR) is 77.4 cm³/mol. The number of nitrogens with zero attached hydrogens (tertiary/aromatic N) is 1. The number of benzene rings is 2. The lowest BCUT2D eigenvalue weighted by Gasteiger charge is -2.16. The molecule has 0 spiro atoms. The van der Waals surface area contributed by atoms with E-state index < -0.39 is 5.60 Å². The van der Waals surface area contributed by atoms with Gasteiger partial charge in [-0.05, 0) is 43.7 Å². The molecule has 0 radical (unpaired) electrons. The van der Waals surface area contributed by atoms with Gasteiger partial charge in [0.1, 0.15) is 17.1 Å². The molecule has 0 heterocycles. The van der Waals surface area contributed by atoms with Crippen LogP contribution in [0.3, 0.4) is 0 Å². The van der Waals surface area contributed by atoms with Gasteiger partial charge < -0.3 is 9.47 Å². The summed E-state index contributed by atoms with van der Waals surface area (Å²) in [5.74, 6) is 1.55. The Morgan fingerprint density at radius 3 is 2.40 bits per heavy atom. The van der Waals surface area contributed by atoms with E-state index in [2.05, 4.69) is 6.07 Å². The van der Waals surface area contributed by atoms with Crippen LogP contribution >= 0.6 is 0 Å². The molecule has 0 aliphatic heterocycles. The zero-order valence-corrected chi connectivity index (χ0v) is 11.7. The molecular weight excluding hydrogens is 250 g/mol.